The number of nitrogens with zero attached hydrogens (tertiary/aromatic N) is 4. The molecule has 0 amide bonds. The van der Waals surface area contributed by atoms with Crippen LogP contribution in [0.25, 0.3) is 114 Å². The zero-order valence-electron chi connectivity index (χ0n) is 30.4. The largest absolute Gasteiger partial charge is 0.455 e. The van der Waals surface area contributed by atoms with Gasteiger partial charge in [0.2, 0.25) is 5.95 Å². The molecule has 0 radical (unpaired) electrons. The number of hydrogen-bond donors (Lipinski definition) is 0. The summed E-state index contributed by atoms with van der Waals surface area (Å²) < 4.78 is 11.2. The summed E-state index contributed by atoms with van der Waals surface area (Å²) in [6, 6.07) is 64.1. The van der Waals surface area contributed by atoms with Crippen LogP contribution < -0.4 is 0 Å². The highest BCUT2D eigenvalue weighted by Crippen LogP contribution is 2.41. The van der Waals surface area contributed by atoms with Crippen molar-refractivity contribution in [1.29, 1.82) is 0 Å². The molecule has 0 aliphatic heterocycles. The van der Waals surface area contributed by atoms with Gasteiger partial charge in [0.15, 0.2) is 11.6 Å². The summed E-state index contributed by atoms with van der Waals surface area (Å²) in [5, 5.41) is 11.5. The highest BCUT2D eigenvalue weighted by molar-refractivity contribution is 7.24. The zero-order valence-corrected chi connectivity index (χ0v) is 31.2. The Bertz CT molecular complexity index is 3660. The Hall–Kier alpha value is -7.41. The molecule has 0 saturated heterocycles. The maximum Gasteiger partial charge on any atom is 0.238 e. The first-order chi connectivity index (χ1) is 28.3. The maximum absolute atomic E-state index is 6.53. The van der Waals surface area contributed by atoms with Crippen LogP contribution in [0.1, 0.15) is 0 Å². The lowest BCUT2D eigenvalue weighted by Crippen LogP contribution is -2.06. The lowest BCUT2D eigenvalue weighted by Gasteiger charge is -2.11. The molecule has 6 heteroatoms. The molecule has 0 unspecified atom stereocenters. The summed E-state index contributed by atoms with van der Waals surface area (Å²) in [5.74, 6) is 1.67. The molecule has 5 nitrogen and oxygen atoms in total. The zero-order chi connectivity index (χ0) is 37.5. The van der Waals surface area contributed by atoms with E-state index in [1.54, 1.807) is 0 Å². The van der Waals surface area contributed by atoms with Crippen LogP contribution in [-0.4, -0.2) is 19.5 Å². The van der Waals surface area contributed by atoms with E-state index in [-0.39, 0.29) is 0 Å². The van der Waals surface area contributed by atoms with Crippen LogP contribution in [0.5, 0.6) is 0 Å². The van der Waals surface area contributed by atoms with Crippen molar-refractivity contribution in [2.75, 3.05) is 0 Å². The number of para-hydroxylation sites is 3. The molecule has 4 aromatic heterocycles. The molecule has 57 heavy (non-hydrogen) atoms. The van der Waals surface area contributed by atoms with Crippen LogP contribution in [0.15, 0.2) is 186 Å². The van der Waals surface area contributed by atoms with Crippen LogP contribution in [0, 0.1) is 0 Å². The van der Waals surface area contributed by atoms with E-state index in [1.807, 2.05) is 65.9 Å². The van der Waals surface area contributed by atoms with Gasteiger partial charge in [0.05, 0.1) is 16.6 Å². The first-order valence-corrected chi connectivity index (χ1v) is 19.8. The van der Waals surface area contributed by atoms with E-state index >= 15 is 0 Å². The van der Waals surface area contributed by atoms with Gasteiger partial charge in [-0.25, -0.2) is 4.98 Å². The predicted molar refractivity (Wildman–Crippen MR) is 238 cm³/mol. The first kappa shape index (κ1) is 31.9. The van der Waals surface area contributed by atoms with Crippen LogP contribution in [0.4, 0.5) is 0 Å². The van der Waals surface area contributed by atoms with E-state index in [2.05, 4.69) is 132 Å². The molecule has 12 aromatic rings. The first-order valence-electron chi connectivity index (χ1n) is 19.0. The van der Waals surface area contributed by atoms with Gasteiger partial charge in [0, 0.05) is 36.5 Å². The number of aromatic nitrogens is 4. The van der Waals surface area contributed by atoms with Gasteiger partial charge in [-0.15, -0.1) is 11.3 Å². The number of benzene rings is 8. The van der Waals surface area contributed by atoms with Gasteiger partial charge >= 0.3 is 0 Å². The number of furan rings is 1. The molecule has 0 fully saturated rings. The Morgan fingerprint density at radius 2 is 0.965 bits per heavy atom. The molecule has 4 heterocycles. The fourth-order valence-electron chi connectivity index (χ4n) is 8.53. The molecule has 0 spiro atoms. The van der Waals surface area contributed by atoms with Gasteiger partial charge in [-0.2, -0.15) is 9.97 Å². The van der Waals surface area contributed by atoms with E-state index in [0.29, 0.717) is 17.6 Å². The monoisotopic (exact) mass is 746 g/mol. The molecule has 0 atom stereocenters. The fourth-order valence-corrected chi connectivity index (χ4v) is 9.63. The molecule has 12 rings (SSSR count). The highest BCUT2D eigenvalue weighted by Gasteiger charge is 2.21. The number of rotatable bonds is 3. The van der Waals surface area contributed by atoms with Crippen molar-refractivity contribution in [2.24, 2.45) is 0 Å². The van der Waals surface area contributed by atoms with Crippen molar-refractivity contribution in [3.05, 3.63) is 182 Å². The minimum atomic E-state index is 0.539. The lowest BCUT2D eigenvalue weighted by molar-refractivity contribution is 0.669. The smallest absolute Gasteiger partial charge is 0.238 e. The van der Waals surface area contributed by atoms with Gasteiger partial charge in [-0.05, 0) is 74.8 Å². The third-order valence-electron chi connectivity index (χ3n) is 11.1. The van der Waals surface area contributed by atoms with Crippen molar-refractivity contribution in [3.8, 4) is 28.7 Å². The van der Waals surface area contributed by atoms with E-state index < -0.39 is 0 Å². The van der Waals surface area contributed by atoms with E-state index in [4.69, 9.17) is 19.4 Å². The van der Waals surface area contributed by atoms with Crippen molar-refractivity contribution in [2.45, 2.75) is 0 Å². The van der Waals surface area contributed by atoms with Gasteiger partial charge < -0.3 is 4.42 Å². The minimum Gasteiger partial charge on any atom is -0.455 e. The third kappa shape index (κ3) is 4.98. The second-order valence-electron chi connectivity index (χ2n) is 14.3. The average Bonchev–Trinajstić information content (AvgIpc) is 3.83. The molecule has 8 aromatic carbocycles. The van der Waals surface area contributed by atoms with Gasteiger partial charge in [0.1, 0.15) is 11.2 Å². The minimum absolute atomic E-state index is 0.539. The van der Waals surface area contributed by atoms with Crippen LogP contribution in [0.3, 0.4) is 0 Å². The van der Waals surface area contributed by atoms with Gasteiger partial charge in [0.25, 0.3) is 0 Å². The Kier molecular flexibility index (Phi) is 7.03. The normalized spacial score (nSPS) is 11.9. The standard InChI is InChI=1S/C51H30N4OS/c1-2-15-31(16-3-1)49-52-50(39-24-14-23-38-35-20-7-11-26-45(35)56-48(38)39)54-51(53-49)55-43-25-10-6-19-34(43)42-29-40-33-18-5-4-17-32(33)36-21-8-12-27-46(36)57-47-28-13-9-22-37(47)41(40)30-44(42)55/h1-30H. The SMILES string of the molecule is c1ccc(-c2nc(-c3cccc4c3oc3ccccc34)nc(-n3c4ccccc4c4cc5c(cc43)c3ccccc3sc3ccccc3c3ccccc35)n2)cc1. The van der Waals surface area contributed by atoms with Gasteiger partial charge in [-0.1, -0.05) is 140 Å². The summed E-state index contributed by atoms with van der Waals surface area (Å²) in [5.41, 5.74) is 5.33. The van der Waals surface area contributed by atoms with E-state index in [9.17, 15) is 0 Å². The van der Waals surface area contributed by atoms with Crippen LogP contribution in [-0.2, 0) is 0 Å². The summed E-state index contributed by atoms with van der Waals surface area (Å²) >= 11 is 1.82. The predicted octanol–water partition coefficient (Wildman–Crippen LogP) is 14.0. The molecule has 266 valence electrons. The Morgan fingerprint density at radius 1 is 0.386 bits per heavy atom. The average molecular weight is 747 g/mol. The number of hydrogen-bond acceptors (Lipinski definition) is 5. The molecular weight excluding hydrogens is 717 g/mol. The fraction of sp³-hybridized carbons (Fsp3) is 0. The van der Waals surface area contributed by atoms with Crippen molar-refractivity contribution < 1.29 is 4.42 Å². The van der Waals surface area contributed by atoms with Gasteiger partial charge in [-0.3, -0.25) is 4.57 Å². The van der Waals surface area contributed by atoms with Crippen molar-refractivity contribution in [1.82, 2.24) is 19.5 Å². The summed E-state index contributed by atoms with van der Waals surface area (Å²) in [4.78, 5) is 15.7. The Balaban J connectivity index is 1.24. The Morgan fingerprint density at radius 3 is 1.75 bits per heavy atom. The topological polar surface area (TPSA) is 56.7 Å². The molecular formula is C51H30N4OS. The summed E-state index contributed by atoms with van der Waals surface area (Å²) in [7, 11) is 0. The highest BCUT2D eigenvalue weighted by atomic mass is 32.1. The molecule has 0 N–H and O–H groups in total. The van der Waals surface area contributed by atoms with E-state index in [0.717, 1.165) is 60.3 Å². The van der Waals surface area contributed by atoms with Crippen LogP contribution in [0.2, 0.25) is 0 Å². The second kappa shape index (κ2) is 12.6. The maximum atomic E-state index is 6.53. The molecule has 0 bridgehead atoms. The van der Waals surface area contributed by atoms with Crippen molar-refractivity contribution in [3.63, 3.8) is 0 Å². The molecule has 0 saturated carbocycles. The number of fused-ring (bicyclic) bond motifs is 13. The summed E-state index contributed by atoms with van der Waals surface area (Å²) in [6.07, 6.45) is 0. The third-order valence-corrected chi connectivity index (χ3v) is 12.3. The second-order valence-corrected chi connectivity index (χ2v) is 15.4. The Labute approximate surface area is 330 Å². The molecule has 0 aliphatic carbocycles. The summed E-state index contributed by atoms with van der Waals surface area (Å²) in [6.45, 7) is 0. The quantitative estimate of drug-likeness (QED) is 0.181. The lowest BCUT2D eigenvalue weighted by atomic mass is 9.99. The van der Waals surface area contributed by atoms with Crippen LogP contribution >= 0.6 is 11.3 Å². The molecule has 0 aliphatic rings. The van der Waals surface area contributed by atoms with Crippen molar-refractivity contribution >= 4 is 96.8 Å². The van der Waals surface area contributed by atoms with E-state index in [1.165, 1.54) is 36.3 Å².